The third-order valence-corrected chi connectivity index (χ3v) is 8.84. The summed E-state index contributed by atoms with van der Waals surface area (Å²) in [6.45, 7) is 4.22. The number of anilines is 3. The van der Waals surface area contributed by atoms with Crippen molar-refractivity contribution in [3.63, 3.8) is 0 Å². The van der Waals surface area contributed by atoms with E-state index in [1.165, 1.54) is 28.3 Å². The molecule has 3 heteroatoms. The zero-order chi connectivity index (χ0) is 33.7. The summed E-state index contributed by atoms with van der Waals surface area (Å²) in [5.41, 5.74) is 11.9. The summed E-state index contributed by atoms with van der Waals surface area (Å²) in [7, 11) is 0. The Labute approximate surface area is 287 Å². The van der Waals surface area contributed by atoms with E-state index in [-0.39, 0.29) is 5.78 Å². The normalized spacial score (nSPS) is 11.1. The number of fused-ring (bicyclic) bond motifs is 1. The van der Waals surface area contributed by atoms with Crippen molar-refractivity contribution in [3.05, 3.63) is 192 Å². The number of allylic oxidation sites excluding steroid dienone is 1. The lowest BCUT2D eigenvalue weighted by atomic mass is 9.98. The quantitative estimate of drug-likeness (QED) is 0.0902. The van der Waals surface area contributed by atoms with Gasteiger partial charge in [-0.25, -0.2) is 0 Å². The first-order valence-corrected chi connectivity index (χ1v) is 16.4. The van der Waals surface area contributed by atoms with Crippen molar-refractivity contribution < 1.29 is 9.59 Å². The molecular weight excluding hydrogens is 599 g/mol. The van der Waals surface area contributed by atoms with Crippen LogP contribution in [-0.4, -0.2) is 12.1 Å². The second-order valence-electron chi connectivity index (χ2n) is 12.4. The molecule has 236 valence electrons. The molecule has 0 heterocycles. The van der Waals surface area contributed by atoms with Crippen molar-refractivity contribution in [1.82, 2.24) is 0 Å². The smallest absolute Gasteiger partial charge is 0.186 e. The number of carbonyl (C=O) groups is 2. The summed E-state index contributed by atoms with van der Waals surface area (Å²) in [5.74, 6) is -0.207. The number of hydrogen-bond acceptors (Lipinski definition) is 3. The van der Waals surface area contributed by atoms with Gasteiger partial charge in [-0.05, 0) is 107 Å². The minimum Gasteiger partial charge on any atom is -0.311 e. The molecule has 0 N–H and O–H groups in total. The van der Waals surface area contributed by atoms with Gasteiger partial charge in [-0.1, -0.05) is 126 Å². The first-order chi connectivity index (χ1) is 23.9. The van der Waals surface area contributed by atoms with Crippen LogP contribution in [0.5, 0.6) is 0 Å². The van der Waals surface area contributed by atoms with Crippen LogP contribution in [0.4, 0.5) is 17.1 Å². The molecule has 0 amide bonds. The molecule has 0 bridgehead atoms. The number of hydrogen-bond donors (Lipinski definition) is 0. The van der Waals surface area contributed by atoms with Gasteiger partial charge in [-0.3, -0.25) is 9.59 Å². The lowest BCUT2D eigenvalue weighted by molar-refractivity contribution is 0.103. The molecule has 0 saturated heterocycles. The average molecular weight is 634 g/mol. The van der Waals surface area contributed by atoms with Crippen molar-refractivity contribution in [2.45, 2.75) is 13.8 Å². The van der Waals surface area contributed by atoms with Gasteiger partial charge in [0, 0.05) is 28.2 Å². The fourth-order valence-electron chi connectivity index (χ4n) is 6.27. The van der Waals surface area contributed by atoms with Crippen molar-refractivity contribution in [3.8, 4) is 22.3 Å². The number of benzene rings is 7. The van der Waals surface area contributed by atoms with Gasteiger partial charge in [-0.15, -0.1) is 0 Å². The van der Waals surface area contributed by atoms with E-state index in [2.05, 4.69) is 128 Å². The fraction of sp³-hybridized carbons (Fsp3) is 0.0435. The number of carbonyl (C=O) groups excluding carboxylic acids is 2. The molecule has 7 aromatic rings. The van der Waals surface area contributed by atoms with E-state index >= 15 is 0 Å². The molecule has 0 aliphatic carbocycles. The Morgan fingerprint density at radius 1 is 0.510 bits per heavy atom. The van der Waals surface area contributed by atoms with E-state index in [9.17, 15) is 9.59 Å². The van der Waals surface area contributed by atoms with E-state index in [1.54, 1.807) is 18.2 Å². The number of ketones is 1. The minimum absolute atomic E-state index is 0.207. The van der Waals surface area contributed by atoms with Crippen molar-refractivity contribution >= 4 is 46.0 Å². The van der Waals surface area contributed by atoms with E-state index in [0.29, 0.717) is 11.1 Å². The minimum atomic E-state index is -0.207. The summed E-state index contributed by atoms with van der Waals surface area (Å²) >= 11 is 0. The van der Waals surface area contributed by atoms with Crippen LogP contribution in [0.15, 0.2) is 164 Å². The SMILES string of the molecule is Cc1cccc(-c2ccc(N(c3ccc(C=CC(=O)c4cc5ccccc5cc4C=O)cc3)c3ccc(-c4cccc(C)c4)cc3)cc2)c1. The van der Waals surface area contributed by atoms with Crippen molar-refractivity contribution in [1.29, 1.82) is 0 Å². The maximum Gasteiger partial charge on any atom is 0.186 e. The Morgan fingerprint density at radius 3 is 1.49 bits per heavy atom. The third kappa shape index (κ3) is 6.88. The van der Waals surface area contributed by atoms with E-state index in [1.807, 2.05) is 36.4 Å². The number of rotatable bonds is 9. The second kappa shape index (κ2) is 13.8. The van der Waals surface area contributed by atoms with Crippen LogP contribution in [0.1, 0.15) is 37.4 Å². The van der Waals surface area contributed by atoms with E-state index in [4.69, 9.17) is 0 Å². The molecule has 3 nitrogen and oxygen atoms in total. The van der Waals surface area contributed by atoms with Gasteiger partial charge in [0.05, 0.1) is 0 Å². The van der Waals surface area contributed by atoms with Gasteiger partial charge in [0.2, 0.25) is 0 Å². The molecule has 0 fully saturated rings. The van der Waals surface area contributed by atoms with Crippen molar-refractivity contribution in [2.75, 3.05) is 4.90 Å². The van der Waals surface area contributed by atoms with Gasteiger partial charge in [0.15, 0.2) is 12.1 Å². The molecule has 7 rings (SSSR count). The standard InChI is InChI=1S/C46H35NO2/c1-32-7-5-11-37(27-32)35-16-22-43(23-17-35)47(44-24-18-36(19-25-44)38-12-6-8-33(2)28-38)42-20-13-34(14-21-42)15-26-46(49)45-30-40-10-4-3-9-39(40)29-41(45)31-48/h3-31H,1-2H3. The number of nitrogens with zero attached hydrogens (tertiary/aromatic N) is 1. The van der Waals surface area contributed by atoms with Crippen LogP contribution in [0.25, 0.3) is 39.1 Å². The predicted octanol–water partition coefficient (Wildman–Crippen LogP) is 12.0. The highest BCUT2D eigenvalue weighted by molar-refractivity contribution is 6.13. The van der Waals surface area contributed by atoms with Crippen LogP contribution in [0.2, 0.25) is 0 Å². The summed E-state index contributed by atoms with van der Waals surface area (Å²) < 4.78 is 0. The highest BCUT2D eigenvalue weighted by Gasteiger charge is 2.14. The van der Waals surface area contributed by atoms with Crippen LogP contribution in [-0.2, 0) is 0 Å². The first-order valence-electron chi connectivity index (χ1n) is 16.4. The third-order valence-electron chi connectivity index (χ3n) is 8.84. The van der Waals surface area contributed by atoms with Crippen LogP contribution in [0.3, 0.4) is 0 Å². The Balaban J connectivity index is 1.19. The summed E-state index contributed by atoms with van der Waals surface area (Å²) in [5, 5.41) is 1.85. The van der Waals surface area contributed by atoms with E-state index in [0.717, 1.165) is 50.8 Å². The second-order valence-corrected chi connectivity index (χ2v) is 12.4. The highest BCUT2D eigenvalue weighted by atomic mass is 16.1. The first kappa shape index (κ1) is 31.3. The fourth-order valence-corrected chi connectivity index (χ4v) is 6.27. The lowest BCUT2D eigenvalue weighted by Gasteiger charge is -2.26. The molecule has 0 aliphatic heterocycles. The van der Waals surface area contributed by atoms with Crippen LogP contribution >= 0.6 is 0 Å². The van der Waals surface area contributed by atoms with Crippen molar-refractivity contribution in [2.24, 2.45) is 0 Å². The Kier molecular flexibility index (Phi) is 8.82. The summed E-state index contributed by atoms with van der Waals surface area (Å²) in [6.07, 6.45) is 4.09. The Bertz CT molecular complexity index is 2230. The maximum atomic E-state index is 13.2. The van der Waals surface area contributed by atoms with Gasteiger partial charge in [-0.2, -0.15) is 0 Å². The topological polar surface area (TPSA) is 37.4 Å². The largest absolute Gasteiger partial charge is 0.311 e. The van der Waals surface area contributed by atoms with Gasteiger partial charge in [0.25, 0.3) is 0 Å². The molecule has 0 aliphatic rings. The molecule has 0 unspecified atom stereocenters. The number of aryl methyl sites for hydroxylation is 2. The molecule has 0 radical (unpaired) electrons. The molecule has 7 aromatic carbocycles. The Morgan fingerprint density at radius 2 is 1.00 bits per heavy atom. The van der Waals surface area contributed by atoms with Gasteiger partial charge < -0.3 is 4.90 Å². The summed E-state index contributed by atoms with van der Waals surface area (Å²) in [6, 6.07) is 53.8. The molecular formula is C46H35NO2. The zero-order valence-electron chi connectivity index (χ0n) is 27.5. The lowest BCUT2D eigenvalue weighted by Crippen LogP contribution is -2.09. The molecule has 49 heavy (non-hydrogen) atoms. The Hall–Kier alpha value is -6.32. The highest BCUT2D eigenvalue weighted by Crippen LogP contribution is 2.37. The monoisotopic (exact) mass is 633 g/mol. The summed E-state index contributed by atoms with van der Waals surface area (Å²) in [4.78, 5) is 27.3. The average Bonchev–Trinajstić information content (AvgIpc) is 3.14. The zero-order valence-corrected chi connectivity index (χ0v) is 27.5. The molecule has 0 atom stereocenters. The predicted molar refractivity (Wildman–Crippen MR) is 204 cm³/mol. The molecule has 0 spiro atoms. The van der Waals surface area contributed by atoms with Gasteiger partial charge in [0.1, 0.15) is 0 Å². The van der Waals surface area contributed by atoms with E-state index < -0.39 is 0 Å². The van der Waals surface area contributed by atoms with Crippen LogP contribution in [0, 0.1) is 13.8 Å². The molecule has 0 aromatic heterocycles. The number of aldehydes is 1. The van der Waals surface area contributed by atoms with Gasteiger partial charge >= 0.3 is 0 Å². The molecule has 0 saturated carbocycles. The maximum absolute atomic E-state index is 13.2. The van der Waals surface area contributed by atoms with Crippen LogP contribution < -0.4 is 4.90 Å².